The molecule has 0 amide bonds. The van der Waals surface area contributed by atoms with Crippen molar-refractivity contribution in [2.45, 2.75) is 6.54 Å². The first kappa shape index (κ1) is 16.6. The largest absolute Gasteiger partial charge is 0.395 e. The van der Waals surface area contributed by atoms with Crippen molar-refractivity contribution in [3.63, 3.8) is 0 Å². The third-order valence-electron chi connectivity index (χ3n) is 3.65. The van der Waals surface area contributed by atoms with E-state index in [1.165, 1.54) is 29.1 Å². The maximum Gasteiger partial charge on any atom is 0.207 e. The molecule has 0 aliphatic carbocycles. The van der Waals surface area contributed by atoms with Gasteiger partial charge in [-0.25, -0.2) is 4.39 Å². The second kappa shape index (κ2) is 7.55. The van der Waals surface area contributed by atoms with Crippen molar-refractivity contribution in [1.29, 1.82) is 5.26 Å². The molecule has 0 saturated carbocycles. The van der Waals surface area contributed by atoms with E-state index in [0.717, 1.165) is 5.56 Å². The van der Waals surface area contributed by atoms with Crippen LogP contribution in [0, 0.1) is 17.1 Å². The molecule has 3 aromatic rings. The van der Waals surface area contributed by atoms with Crippen LogP contribution in [0.1, 0.15) is 11.3 Å². The molecule has 3 rings (SSSR count). The predicted octanol–water partition coefficient (Wildman–Crippen LogP) is 2.28. The van der Waals surface area contributed by atoms with E-state index in [0.29, 0.717) is 24.6 Å². The fourth-order valence-electron chi connectivity index (χ4n) is 2.46. The highest BCUT2D eigenvalue weighted by atomic mass is 19.1. The molecule has 0 aliphatic rings. The van der Waals surface area contributed by atoms with Gasteiger partial charge >= 0.3 is 0 Å². The van der Waals surface area contributed by atoms with E-state index >= 15 is 0 Å². The molecule has 0 bridgehead atoms. The highest BCUT2D eigenvalue weighted by molar-refractivity contribution is 5.50. The summed E-state index contributed by atoms with van der Waals surface area (Å²) in [5.74, 6) is 0.0207. The number of hydrogen-bond donors (Lipinski definition) is 1. The first-order valence-electron chi connectivity index (χ1n) is 7.74. The molecule has 25 heavy (non-hydrogen) atoms. The summed E-state index contributed by atoms with van der Waals surface area (Å²) in [6.45, 7) is 0.713. The second-order valence-corrected chi connectivity index (χ2v) is 5.38. The Kier molecular flexibility index (Phi) is 5.02. The Morgan fingerprint density at radius 2 is 1.80 bits per heavy atom. The zero-order chi connectivity index (χ0) is 17.6. The SMILES string of the molecule is N#Cc1nn(-c2ccc(F)cc2)nc1N(CCO)Cc1ccccc1. The lowest BCUT2D eigenvalue weighted by molar-refractivity contribution is 0.301. The van der Waals surface area contributed by atoms with Gasteiger partial charge in [-0.1, -0.05) is 30.3 Å². The van der Waals surface area contributed by atoms with Crippen molar-refractivity contribution in [3.8, 4) is 11.8 Å². The van der Waals surface area contributed by atoms with E-state index in [9.17, 15) is 14.8 Å². The van der Waals surface area contributed by atoms with E-state index in [1.54, 1.807) is 4.90 Å². The van der Waals surface area contributed by atoms with Crippen molar-refractivity contribution in [2.24, 2.45) is 0 Å². The normalized spacial score (nSPS) is 10.4. The fraction of sp³-hybridized carbons (Fsp3) is 0.167. The van der Waals surface area contributed by atoms with E-state index in [4.69, 9.17) is 0 Å². The average Bonchev–Trinajstić information content (AvgIpc) is 3.07. The first-order chi connectivity index (χ1) is 12.2. The summed E-state index contributed by atoms with van der Waals surface area (Å²) >= 11 is 0. The van der Waals surface area contributed by atoms with Crippen LogP contribution in [0.5, 0.6) is 0 Å². The lowest BCUT2D eigenvalue weighted by atomic mass is 10.2. The number of anilines is 1. The minimum absolute atomic E-state index is 0.0822. The Morgan fingerprint density at radius 1 is 1.08 bits per heavy atom. The van der Waals surface area contributed by atoms with Crippen molar-refractivity contribution < 1.29 is 9.50 Å². The van der Waals surface area contributed by atoms with Crippen molar-refractivity contribution >= 4 is 5.82 Å². The molecule has 2 aromatic carbocycles. The molecule has 126 valence electrons. The van der Waals surface area contributed by atoms with Gasteiger partial charge in [0, 0.05) is 13.1 Å². The number of nitriles is 1. The second-order valence-electron chi connectivity index (χ2n) is 5.38. The summed E-state index contributed by atoms with van der Waals surface area (Å²) in [7, 11) is 0. The van der Waals surface area contributed by atoms with Crippen molar-refractivity contribution in [2.75, 3.05) is 18.1 Å². The standard InChI is InChI=1S/C18H16FN5O/c19-15-6-8-16(9-7-15)24-21-17(12-20)18(22-24)23(10-11-25)13-14-4-2-1-3-5-14/h1-9,25H,10-11,13H2. The predicted molar refractivity (Wildman–Crippen MR) is 90.6 cm³/mol. The van der Waals surface area contributed by atoms with Crippen molar-refractivity contribution in [1.82, 2.24) is 15.0 Å². The van der Waals surface area contributed by atoms with Gasteiger partial charge in [0.1, 0.15) is 11.9 Å². The number of aliphatic hydroxyl groups excluding tert-OH is 1. The number of nitrogens with zero attached hydrogens (tertiary/aromatic N) is 5. The van der Waals surface area contributed by atoms with Gasteiger partial charge in [0.05, 0.1) is 12.3 Å². The average molecular weight is 337 g/mol. The van der Waals surface area contributed by atoms with Crippen LogP contribution in [0.3, 0.4) is 0 Å². The van der Waals surface area contributed by atoms with Gasteiger partial charge in [-0.15, -0.1) is 15.0 Å². The van der Waals surface area contributed by atoms with Crippen LogP contribution >= 0.6 is 0 Å². The van der Waals surface area contributed by atoms with Crippen LogP contribution in [-0.2, 0) is 6.54 Å². The molecule has 0 saturated heterocycles. The molecule has 1 N–H and O–H groups in total. The summed E-state index contributed by atoms with van der Waals surface area (Å²) in [5, 5.41) is 27.3. The van der Waals surface area contributed by atoms with E-state index in [1.807, 2.05) is 36.4 Å². The number of aliphatic hydroxyl groups is 1. The maximum absolute atomic E-state index is 13.1. The minimum atomic E-state index is -0.359. The van der Waals surface area contributed by atoms with Crippen LogP contribution in [0.15, 0.2) is 54.6 Å². The summed E-state index contributed by atoms with van der Waals surface area (Å²) in [4.78, 5) is 3.09. The highest BCUT2D eigenvalue weighted by Crippen LogP contribution is 2.20. The zero-order valence-electron chi connectivity index (χ0n) is 13.4. The van der Waals surface area contributed by atoms with Gasteiger partial charge in [-0.05, 0) is 29.8 Å². The van der Waals surface area contributed by atoms with Crippen LogP contribution in [-0.4, -0.2) is 33.3 Å². The smallest absolute Gasteiger partial charge is 0.207 e. The summed E-state index contributed by atoms with van der Waals surface area (Å²) in [5.41, 5.74) is 1.72. The number of hydrogen-bond acceptors (Lipinski definition) is 5. The van der Waals surface area contributed by atoms with Gasteiger partial charge in [0.25, 0.3) is 0 Å². The van der Waals surface area contributed by atoms with Crippen LogP contribution in [0.25, 0.3) is 5.69 Å². The van der Waals surface area contributed by atoms with Crippen LogP contribution in [0.4, 0.5) is 10.2 Å². The monoisotopic (exact) mass is 337 g/mol. The molecule has 0 spiro atoms. The Morgan fingerprint density at radius 3 is 2.44 bits per heavy atom. The van der Waals surface area contributed by atoms with E-state index in [-0.39, 0.29) is 18.1 Å². The Labute approximate surface area is 144 Å². The number of halogens is 1. The van der Waals surface area contributed by atoms with Crippen molar-refractivity contribution in [3.05, 3.63) is 71.7 Å². The molecule has 0 atom stereocenters. The van der Waals surface area contributed by atoms with E-state index in [2.05, 4.69) is 10.2 Å². The Balaban J connectivity index is 1.95. The summed E-state index contributed by atoms with van der Waals surface area (Å²) in [6, 6.07) is 17.4. The van der Waals surface area contributed by atoms with Gasteiger partial charge in [-0.3, -0.25) is 0 Å². The maximum atomic E-state index is 13.1. The number of benzene rings is 2. The molecular formula is C18H16FN5O. The molecule has 0 radical (unpaired) electrons. The number of aromatic nitrogens is 3. The van der Waals surface area contributed by atoms with Gasteiger partial charge in [0.15, 0.2) is 5.82 Å². The van der Waals surface area contributed by atoms with Gasteiger partial charge in [0.2, 0.25) is 5.69 Å². The molecule has 1 aromatic heterocycles. The molecule has 7 heteroatoms. The Hall–Kier alpha value is -3.24. The molecule has 0 aliphatic heterocycles. The zero-order valence-corrected chi connectivity index (χ0v) is 13.4. The number of rotatable bonds is 6. The van der Waals surface area contributed by atoms with E-state index < -0.39 is 0 Å². The quantitative estimate of drug-likeness (QED) is 0.746. The Bertz CT molecular complexity index is 871. The highest BCUT2D eigenvalue weighted by Gasteiger charge is 2.19. The third-order valence-corrected chi connectivity index (χ3v) is 3.65. The minimum Gasteiger partial charge on any atom is -0.395 e. The molecule has 0 unspecified atom stereocenters. The van der Waals surface area contributed by atoms with Gasteiger partial charge < -0.3 is 10.0 Å². The molecule has 0 fully saturated rings. The lowest BCUT2D eigenvalue weighted by Crippen LogP contribution is -2.27. The van der Waals surface area contributed by atoms with Crippen LogP contribution < -0.4 is 4.90 Å². The third kappa shape index (κ3) is 3.82. The molecule has 6 nitrogen and oxygen atoms in total. The molecule has 1 heterocycles. The molecular weight excluding hydrogens is 321 g/mol. The fourth-order valence-corrected chi connectivity index (χ4v) is 2.46. The summed E-state index contributed by atoms with van der Waals surface area (Å²) in [6.07, 6.45) is 0. The van der Waals surface area contributed by atoms with Gasteiger partial charge in [-0.2, -0.15) is 5.26 Å². The summed E-state index contributed by atoms with van der Waals surface area (Å²) < 4.78 is 13.1. The topological polar surface area (TPSA) is 78.0 Å². The van der Waals surface area contributed by atoms with Crippen LogP contribution in [0.2, 0.25) is 0 Å². The lowest BCUT2D eigenvalue weighted by Gasteiger charge is -2.21. The first-order valence-corrected chi connectivity index (χ1v) is 7.74.